The first-order valence-electron chi connectivity index (χ1n) is 15.2. The third-order valence-electron chi connectivity index (χ3n) is 7.11. The molecule has 2 aromatic rings. The van der Waals surface area contributed by atoms with Crippen LogP contribution in [0.15, 0.2) is 60.7 Å². The van der Waals surface area contributed by atoms with E-state index in [2.05, 4.69) is 16.0 Å². The molecule has 4 N–H and O–H groups in total. The lowest BCUT2D eigenvalue weighted by Gasteiger charge is -2.29. The van der Waals surface area contributed by atoms with Gasteiger partial charge in [-0.25, -0.2) is 9.59 Å². The van der Waals surface area contributed by atoms with Crippen LogP contribution in [0, 0.1) is 11.8 Å². The molecule has 0 saturated carbocycles. The molecule has 3 amide bonds. The van der Waals surface area contributed by atoms with Crippen molar-refractivity contribution in [2.75, 3.05) is 0 Å². The van der Waals surface area contributed by atoms with E-state index < -0.39 is 53.7 Å². The molecule has 10 nitrogen and oxygen atoms in total. The summed E-state index contributed by atoms with van der Waals surface area (Å²) >= 11 is 0. The largest absolute Gasteiger partial charge is 0.459 e. The molecular weight excluding hydrogens is 562 g/mol. The van der Waals surface area contributed by atoms with Crippen molar-refractivity contribution >= 4 is 23.9 Å². The van der Waals surface area contributed by atoms with Crippen LogP contribution in [0.3, 0.4) is 0 Å². The zero-order valence-corrected chi connectivity index (χ0v) is 27.0. The first-order valence-corrected chi connectivity index (χ1v) is 15.2. The van der Waals surface area contributed by atoms with Gasteiger partial charge in [0.1, 0.15) is 24.3 Å². The minimum absolute atomic E-state index is 0.0731. The monoisotopic (exact) mass is 611 g/mol. The van der Waals surface area contributed by atoms with E-state index >= 15 is 0 Å². The standard InChI is InChI=1S/C34H49N3O7/c1-8-23(4)30(31(40)37-29(22(2)3)32(41)43-21-25-17-13-10-14-18-25)36-28(39)20-27(38)26(19-24-15-11-9-12-16-24)35-33(42)44-34(5,6)7/h9-18,22-23,26-27,29-30,38H,8,19-21H2,1-7H3,(H,35,42)(H,36,39)(H,37,40)/t23-,26-,27-,29-,30-/m0/s1. The molecule has 0 spiro atoms. The lowest BCUT2D eigenvalue weighted by atomic mass is 9.95. The predicted octanol–water partition coefficient (Wildman–Crippen LogP) is 4.29. The summed E-state index contributed by atoms with van der Waals surface area (Å²) in [5.41, 5.74) is 0.927. The van der Waals surface area contributed by atoms with Crippen molar-refractivity contribution in [2.24, 2.45) is 11.8 Å². The Kier molecular flexibility index (Phi) is 14.3. The number of hydrogen-bond donors (Lipinski definition) is 4. The third-order valence-corrected chi connectivity index (χ3v) is 7.11. The topological polar surface area (TPSA) is 143 Å². The maximum Gasteiger partial charge on any atom is 0.407 e. The molecule has 0 aromatic heterocycles. The Morgan fingerprint density at radius 2 is 1.39 bits per heavy atom. The first kappa shape index (κ1) is 36.3. The quantitative estimate of drug-likeness (QED) is 0.220. The lowest BCUT2D eigenvalue weighted by Crippen LogP contribution is -2.56. The maximum absolute atomic E-state index is 13.4. The molecule has 5 atom stereocenters. The summed E-state index contributed by atoms with van der Waals surface area (Å²) in [5, 5.41) is 19.3. The molecule has 2 rings (SSSR count). The van der Waals surface area contributed by atoms with Crippen LogP contribution in [0.4, 0.5) is 4.79 Å². The second-order valence-corrected chi connectivity index (χ2v) is 12.5. The Morgan fingerprint density at radius 3 is 1.91 bits per heavy atom. The van der Waals surface area contributed by atoms with Gasteiger partial charge in [0, 0.05) is 0 Å². The van der Waals surface area contributed by atoms with Gasteiger partial charge < -0.3 is 30.5 Å². The fourth-order valence-corrected chi connectivity index (χ4v) is 4.44. The van der Waals surface area contributed by atoms with Crippen LogP contribution in [0.25, 0.3) is 0 Å². The first-order chi connectivity index (χ1) is 20.7. The number of esters is 1. The number of ether oxygens (including phenoxy) is 2. The molecule has 0 saturated heterocycles. The minimum Gasteiger partial charge on any atom is -0.459 e. The van der Waals surface area contributed by atoms with Crippen molar-refractivity contribution in [3.05, 3.63) is 71.8 Å². The fourth-order valence-electron chi connectivity index (χ4n) is 4.44. The van der Waals surface area contributed by atoms with Crippen molar-refractivity contribution in [2.45, 2.75) is 104 Å². The number of carbonyl (C=O) groups is 4. The highest BCUT2D eigenvalue weighted by molar-refractivity contribution is 5.91. The van der Waals surface area contributed by atoms with E-state index in [4.69, 9.17) is 9.47 Å². The van der Waals surface area contributed by atoms with Gasteiger partial charge in [-0.2, -0.15) is 0 Å². The Hall–Kier alpha value is -3.92. The second-order valence-electron chi connectivity index (χ2n) is 12.5. The highest BCUT2D eigenvalue weighted by Crippen LogP contribution is 2.15. The lowest BCUT2D eigenvalue weighted by molar-refractivity contribution is -0.150. The van der Waals surface area contributed by atoms with Crippen LogP contribution in [0.1, 0.15) is 72.4 Å². The number of benzene rings is 2. The third kappa shape index (κ3) is 12.8. The fraction of sp³-hybridized carbons (Fsp3) is 0.529. The Bertz CT molecular complexity index is 1200. The molecular formula is C34H49N3O7. The molecule has 0 aliphatic carbocycles. The number of alkyl carbamates (subject to hydrolysis) is 1. The zero-order chi connectivity index (χ0) is 32.9. The SMILES string of the molecule is CC[C@H](C)[C@H](NC(=O)C[C@H](O)[C@H](Cc1ccccc1)NC(=O)OC(C)(C)C)C(=O)N[C@H](C(=O)OCc1ccccc1)C(C)C. The smallest absolute Gasteiger partial charge is 0.407 e. The van der Waals surface area contributed by atoms with Crippen LogP contribution < -0.4 is 16.0 Å². The summed E-state index contributed by atoms with van der Waals surface area (Å²) in [6.45, 7) is 12.6. The van der Waals surface area contributed by atoms with Gasteiger partial charge in [0.15, 0.2) is 0 Å². The molecule has 0 bridgehead atoms. The van der Waals surface area contributed by atoms with Gasteiger partial charge in [-0.15, -0.1) is 0 Å². The van der Waals surface area contributed by atoms with Gasteiger partial charge in [-0.1, -0.05) is 94.8 Å². The van der Waals surface area contributed by atoms with E-state index in [1.165, 1.54) is 0 Å². The molecule has 0 heterocycles. The predicted molar refractivity (Wildman–Crippen MR) is 168 cm³/mol. The number of rotatable bonds is 15. The van der Waals surface area contributed by atoms with E-state index in [9.17, 15) is 24.3 Å². The second kappa shape index (κ2) is 17.4. The van der Waals surface area contributed by atoms with E-state index in [0.717, 1.165) is 11.1 Å². The summed E-state index contributed by atoms with van der Waals surface area (Å²) in [6, 6.07) is 15.8. The van der Waals surface area contributed by atoms with Gasteiger partial charge in [-0.05, 0) is 50.2 Å². The van der Waals surface area contributed by atoms with E-state index in [1.54, 1.807) is 34.6 Å². The summed E-state index contributed by atoms with van der Waals surface area (Å²) in [4.78, 5) is 52.1. The summed E-state index contributed by atoms with van der Waals surface area (Å²) < 4.78 is 10.8. The molecule has 0 fully saturated rings. The average Bonchev–Trinajstić information content (AvgIpc) is 2.96. The highest BCUT2D eigenvalue weighted by atomic mass is 16.6. The van der Waals surface area contributed by atoms with Crippen LogP contribution in [0.5, 0.6) is 0 Å². The van der Waals surface area contributed by atoms with Gasteiger partial charge in [-0.3, -0.25) is 9.59 Å². The van der Waals surface area contributed by atoms with Crippen LogP contribution in [-0.2, 0) is 36.9 Å². The van der Waals surface area contributed by atoms with Crippen LogP contribution in [0.2, 0.25) is 0 Å². The summed E-state index contributed by atoms with van der Waals surface area (Å²) in [6.07, 6.45) is -1.54. The highest BCUT2D eigenvalue weighted by Gasteiger charge is 2.33. The number of hydrogen-bond acceptors (Lipinski definition) is 7. The minimum atomic E-state index is -1.28. The Labute approximate surface area is 261 Å². The summed E-state index contributed by atoms with van der Waals surface area (Å²) in [7, 11) is 0. The number of amides is 3. The van der Waals surface area contributed by atoms with E-state index in [0.29, 0.717) is 6.42 Å². The normalized spacial score (nSPS) is 14.8. The van der Waals surface area contributed by atoms with Crippen molar-refractivity contribution < 1.29 is 33.8 Å². The zero-order valence-electron chi connectivity index (χ0n) is 27.0. The van der Waals surface area contributed by atoms with E-state index in [-0.39, 0.29) is 31.3 Å². The van der Waals surface area contributed by atoms with Gasteiger partial charge in [0.2, 0.25) is 11.8 Å². The van der Waals surface area contributed by atoms with Gasteiger partial charge >= 0.3 is 12.1 Å². The average molecular weight is 612 g/mol. The molecule has 0 aliphatic heterocycles. The number of nitrogens with one attached hydrogen (secondary N) is 3. The number of aliphatic hydroxyl groups excluding tert-OH is 1. The Balaban J connectivity index is 2.11. The Morgan fingerprint density at radius 1 is 0.818 bits per heavy atom. The maximum atomic E-state index is 13.4. The molecule has 2 aromatic carbocycles. The van der Waals surface area contributed by atoms with Crippen LogP contribution >= 0.6 is 0 Å². The van der Waals surface area contributed by atoms with E-state index in [1.807, 2.05) is 74.5 Å². The number of carbonyl (C=O) groups excluding carboxylic acids is 4. The summed E-state index contributed by atoms with van der Waals surface area (Å²) in [5.74, 6) is -2.21. The van der Waals surface area contributed by atoms with Gasteiger partial charge in [0.05, 0.1) is 18.6 Å². The molecule has 44 heavy (non-hydrogen) atoms. The van der Waals surface area contributed by atoms with Crippen molar-refractivity contribution in [1.29, 1.82) is 0 Å². The molecule has 10 heteroatoms. The van der Waals surface area contributed by atoms with Crippen molar-refractivity contribution in [1.82, 2.24) is 16.0 Å². The van der Waals surface area contributed by atoms with Crippen molar-refractivity contribution in [3.8, 4) is 0 Å². The molecule has 0 radical (unpaired) electrons. The van der Waals surface area contributed by atoms with Crippen LogP contribution in [-0.4, -0.2) is 58.8 Å². The van der Waals surface area contributed by atoms with Gasteiger partial charge in [0.25, 0.3) is 0 Å². The number of aliphatic hydroxyl groups is 1. The van der Waals surface area contributed by atoms with Crippen molar-refractivity contribution in [3.63, 3.8) is 0 Å². The molecule has 0 unspecified atom stereocenters. The molecule has 0 aliphatic rings. The molecule has 242 valence electrons.